The van der Waals surface area contributed by atoms with Gasteiger partial charge in [-0.1, -0.05) is 13.8 Å². The van der Waals surface area contributed by atoms with Crippen LogP contribution in [0.25, 0.3) is 0 Å². The van der Waals surface area contributed by atoms with Gasteiger partial charge in [0, 0.05) is 24.8 Å². The highest BCUT2D eigenvalue weighted by atomic mass is 16.4. The molecule has 1 aromatic heterocycles. The minimum Gasteiger partial charge on any atom is -0.481 e. The summed E-state index contributed by atoms with van der Waals surface area (Å²) in [7, 11) is 0. The van der Waals surface area contributed by atoms with E-state index < -0.39 is 5.97 Å². The van der Waals surface area contributed by atoms with E-state index in [0.717, 1.165) is 36.7 Å². The van der Waals surface area contributed by atoms with Crippen molar-refractivity contribution in [2.45, 2.75) is 33.6 Å². The first-order valence-electron chi connectivity index (χ1n) is 6.82. The summed E-state index contributed by atoms with van der Waals surface area (Å²) >= 11 is 0. The minimum absolute atomic E-state index is 0.302. The van der Waals surface area contributed by atoms with Gasteiger partial charge in [0.2, 0.25) is 0 Å². The van der Waals surface area contributed by atoms with E-state index >= 15 is 0 Å². The summed E-state index contributed by atoms with van der Waals surface area (Å²) in [6.45, 7) is 7.44. The van der Waals surface area contributed by atoms with Crippen molar-refractivity contribution in [1.29, 1.82) is 0 Å². The fourth-order valence-electron chi connectivity index (χ4n) is 2.67. The molecule has 1 N–H and O–H groups in total. The standard InChI is InChI=1S/C14H21N3O2/c1-4-12-6-13(16-10(3)15-12)17-7-9(2)5-11(8-17)14(18)19/h6,9,11H,4-5,7-8H2,1-3H3,(H,18,19). The van der Waals surface area contributed by atoms with E-state index in [1.807, 2.05) is 13.0 Å². The average molecular weight is 263 g/mol. The van der Waals surface area contributed by atoms with Crippen molar-refractivity contribution in [1.82, 2.24) is 9.97 Å². The lowest BCUT2D eigenvalue weighted by Gasteiger charge is -2.35. The Labute approximate surface area is 113 Å². The summed E-state index contributed by atoms with van der Waals surface area (Å²) < 4.78 is 0. The predicted molar refractivity (Wildman–Crippen MR) is 73.3 cm³/mol. The number of piperidine rings is 1. The highest BCUT2D eigenvalue weighted by Gasteiger charge is 2.30. The van der Waals surface area contributed by atoms with E-state index in [4.69, 9.17) is 0 Å². The van der Waals surface area contributed by atoms with Gasteiger partial charge in [0.15, 0.2) is 0 Å². The van der Waals surface area contributed by atoms with E-state index in [1.165, 1.54) is 0 Å². The van der Waals surface area contributed by atoms with Gasteiger partial charge in [0.05, 0.1) is 5.92 Å². The summed E-state index contributed by atoms with van der Waals surface area (Å²) in [5.41, 5.74) is 1.01. The second kappa shape index (κ2) is 5.55. The number of carboxylic acid groups (broad SMARTS) is 1. The second-order valence-corrected chi connectivity index (χ2v) is 5.40. The zero-order valence-corrected chi connectivity index (χ0v) is 11.8. The van der Waals surface area contributed by atoms with Crippen LogP contribution in [0, 0.1) is 18.8 Å². The van der Waals surface area contributed by atoms with E-state index in [1.54, 1.807) is 0 Å². The largest absolute Gasteiger partial charge is 0.481 e. The van der Waals surface area contributed by atoms with Gasteiger partial charge in [-0.25, -0.2) is 9.97 Å². The number of rotatable bonds is 3. The van der Waals surface area contributed by atoms with E-state index in [-0.39, 0.29) is 5.92 Å². The molecule has 0 saturated carbocycles. The highest BCUT2D eigenvalue weighted by molar-refractivity contribution is 5.71. The van der Waals surface area contributed by atoms with Crippen LogP contribution in [0.2, 0.25) is 0 Å². The first-order chi connectivity index (χ1) is 8.99. The third kappa shape index (κ3) is 3.22. The molecule has 19 heavy (non-hydrogen) atoms. The SMILES string of the molecule is CCc1cc(N2CC(C)CC(C(=O)O)C2)nc(C)n1. The fraction of sp³-hybridized carbons (Fsp3) is 0.643. The zero-order valence-electron chi connectivity index (χ0n) is 11.8. The topological polar surface area (TPSA) is 66.3 Å². The molecule has 2 rings (SSSR count). The van der Waals surface area contributed by atoms with Crippen molar-refractivity contribution in [3.05, 3.63) is 17.6 Å². The molecule has 5 nitrogen and oxygen atoms in total. The molecule has 0 bridgehead atoms. The Balaban J connectivity index is 2.25. The second-order valence-electron chi connectivity index (χ2n) is 5.40. The van der Waals surface area contributed by atoms with Crippen molar-refractivity contribution < 1.29 is 9.90 Å². The van der Waals surface area contributed by atoms with Gasteiger partial charge < -0.3 is 10.0 Å². The molecule has 1 saturated heterocycles. The molecular weight excluding hydrogens is 242 g/mol. The van der Waals surface area contributed by atoms with Crippen molar-refractivity contribution in [2.75, 3.05) is 18.0 Å². The molecule has 2 heterocycles. The molecule has 2 unspecified atom stereocenters. The van der Waals surface area contributed by atoms with Crippen LogP contribution in [0.3, 0.4) is 0 Å². The van der Waals surface area contributed by atoms with Crippen LogP contribution >= 0.6 is 0 Å². The molecule has 0 aromatic carbocycles. The summed E-state index contributed by atoms with van der Waals surface area (Å²) in [5, 5.41) is 9.22. The summed E-state index contributed by atoms with van der Waals surface area (Å²) in [4.78, 5) is 22.1. The number of hydrogen-bond acceptors (Lipinski definition) is 4. The number of aromatic nitrogens is 2. The quantitative estimate of drug-likeness (QED) is 0.902. The first kappa shape index (κ1) is 13.8. The molecule has 104 valence electrons. The molecule has 0 aliphatic carbocycles. The van der Waals surface area contributed by atoms with E-state index in [0.29, 0.717) is 12.5 Å². The van der Waals surface area contributed by atoms with Crippen LogP contribution in [0.15, 0.2) is 6.07 Å². The molecule has 0 amide bonds. The Morgan fingerprint density at radius 1 is 1.47 bits per heavy atom. The van der Waals surface area contributed by atoms with Gasteiger partial charge in [0.25, 0.3) is 0 Å². The van der Waals surface area contributed by atoms with Crippen LogP contribution in [0.5, 0.6) is 0 Å². The van der Waals surface area contributed by atoms with E-state index in [9.17, 15) is 9.90 Å². The maximum atomic E-state index is 11.2. The minimum atomic E-state index is -0.710. The van der Waals surface area contributed by atoms with Crippen LogP contribution < -0.4 is 4.90 Å². The summed E-state index contributed by atoms with van der Waals surface area (Å²) in [5.74, 6) is 0.971. The van der Waals surface area contributed by atoms with Gasteiger partial charge in [0.1, 0.15) is 11.6 Å². The van der Waals surface area contributed by atoms with Crippen molar-refractivity contribution in [3.63, 3.8) is 0 Å². The lowest BCUT2D eigenvalue weighted by molar-refractivity contribution is -0.142. The molecule has 0 radical (unpaired) electrons. The Bertz CT molecular complexity index is 476. The lowest BCUT2D eigenvalue weighted by Crippen LogP contribution is -2.43. The molecule has 5 heteroatoms. The normalized spacial score (nSPS) is 23.4. The molecule has 1 aliphatic rings. The highest BCUT2D eigenvalue weighted by Crippen LogP contribution is 2.26. The maximum Gasteiger partial charge on any atom is 0.308 e. The number of anilines is 1. The van der Waals surface area contributed by atoms with Gasteiger partial charge in [-0.15, -0.1) is 0 Å². The molecule has 1 aliphatic heterocycles. The number of hydrogen-bond donors (Lipinski definition) is 1. The molecule has 1 aromatic rings. The van der Waals surface area contributed by atoms with E-state index in [2.05, 4.69) is 28.7 Å². The van der Waals surface area contributed by atoms with Crippen molar-refractivity contribution in [3.8, 4) is 0 Å². The third-order valence-electron chi connectivity index (χ3n) is 3.57. The molecule has 1 fully saturated rings. The third-order valence-corrected chi connectivity index (χ3v) is 3.57. The maximum absolute atomic E-state index is 11.2. The molecular formula is C14H21N3O2. The predicted octanol–water partition coefficient (Wildman–Crippen LogP) is 1.89. The van der Waals surface area contributed by atoms with Gasteiger partial charge >= 0.3 is 5.97 Å². The van der Waals surface area contributed by atoms with Gasteiger partial charge in [-0.05, 0) is 25.7 Å². The van der Waals surface area contributed by atoms with Crippen LogP contribution in [0.1, 0.15) is 31.8 Å². The number of nitrogens with zero attached hydrogens (tertiary/aromatic N) is 3. The number of carbonyl (C=O) groups is 1. The van der Waals surface area contributed by atoms with Crippen molar-refractivity contribution >= 4 is 11.8 Å². The average Bonchev–Trinajstić information content (AvgIpc) is 2.37. The monoisotopic (exact) mass is 263 g/mol. The smallest absolute Gasteiger partial charge is 0.308 e. The summed E-state index contributed by atoms with van der Waals surface area (Å²) in [6.07, 6.45) is 1.61. The number of aryl methyl sites for hydroxylation is 2. The Hall–Kier alpha value is -1.65. The number of carboxylic acids is 1. The summed E-state index contributed by atoms with van der Waals surface area (Å²) in [6, 6.07) is 1.98. The van der Waals surface area contributed by atoms with Crippen LogP contribution in [-0.2, 0) is 11.2 Å². The van der Waals surface area contributed by atoms with Crippen molar-refractivity contribution in [2.24, 2.45) is 11.8 Å². The van der Waals surface area contributed by atoms with Gasteiger partial charge in [-0.3, -0.25) is 4.79 Å². The zero-order chi connectivity index (χ0) is 14.0. The van der Waals surface area contributed by atoms with Crippen LogP contribution in [0.4, 0.5) is 5.82 Å². The lowest BCUT2D eigenvalue weighted by atomic mass is 9.90. The van der Waals surface area contributed by atoms with Gasteiger partial charge in [-0.2, -0.15) is 0 Å². The molecule has 2 atom stereocenters. The molecule has 0 spiro atoms. The Morgan fingerprint density at radius 3 is 2.84 bits per heavy atom. The number of aliphatic carboxylic acids is 1. The first-order valence-corrected chi connectivity index (χ1v) is 6.82. The van der Waals surface area contributed by atoms with Crippen LogP contribution in [-0.4, -0.2) is 34.1 Å². The Morgan fingerprint density at radius 2 is 2.21 bits per heavy atom. The fourth-order valence-corrected chi connectivity index (χ4v) is 2.67. The Kier molecular flexibility index (Phi) is 4.02.